The Kier molecular flexibility index (Phi) is 5.21. The van der Waals surface area contributed by atoms with E-state index in [2.05, 4.69) is 25.4 Å². The van der Waals surface area contributed by atoms with Gasteiger partial charge in [-0.3, -0.25) is 0 Å². The molecule has 0 heterocycles. The molecule has 100 valence electrons. The molecule has 1 atom stereocenters. The van der Waals surface area contributed by atoms with E-state index in [4.69, 9.17) is 0 Å². The van der Waals surface area contributed by atoms with E-state index in [1.54, 1.807) is 18.6 Å². The van der Waals surface area contributed by atoms with Crippen molar-refractivity contribution in [3.05, 3.63) is 0 Å². The van der Waals surface area contributed by atoms with Gasteiger partial charge in [-0.25, -0.2) is 9.52 Å². The van der Waals surface area contributed by atoms with Gasteiger partial charge < -0.3 is 4.74 Å². The van der Waals surface area contributed by atoms with Crippen LogP contribution < -0.4 is 9.44 Å². The largest absolute Gasteiger partial charge is 0.446 e. The summed E-state index contributed by atoms with van der Waals surface area (Å²) in [5, 5.41) is 0. The highest BCUT2D eigenvalue weighted by Gasteiger charge is 2.30. The molecule has 1 fully saturated rings. The van der Waals surface area contributed by atoms with Crippen molar-refractivity contribution in [1.29, 1.82) is 0 Å². The Morgan fingerprint density at radius 3 is 2.53 bits per heavy atom. The number of nitrogens with one attached hydrogen (secondary N) is 2. The Hall–Kier alpha value is -0.340. The van der Waals surface area contributed by atoms with Crippen LogP contribution in [0.4, 0.5) is 4.79 Å². The number of amides is 1. The summed E-state index contributed by atoms with van der Waals surface area (Å²) in [5.41, 5.74) is 0. The number of hydrogen-bond donors (Lipinski definition) is 2. The quantitative estimate of drug-likeness (QED) is 0.716. The first-order valence-electron chi connectivity index (χ1n) is 5.42. The van der Waals surface area contributed by atoms with Crippen molar-refractivity contribution in [2.24, 2.45) is 5.92 Å². The van der Waals surface area contributed by atoms with Crippen LogP contribution in [0.5, 0.6) is 0 Å². The van der Waals surface area contributed by atoms with Crippen LogP contribution in [0.15, 0.2) is 0 Å². The number of carbonyl (C=O) groups excluding carboxylic acids is 1. The van der Waals surface area contributed by atoms with Gasteiger partial charge in [0.1, 0.15) is 0 Å². The second kappa shape index (κ2) is 6.01. The van der Waals surface area contributed by atoms with Gasteiger partial charge in [0.05, 0.1) is 6.10 Å². The lowest BCUT2D eigenvalue weighted by Gasteiger charge is -2.12. The van der Waals surface area contributed by atoms with Gasteiger partial charge in [-0.2, -0.15) is 13.1 Å². The van der Waals surface area contributed by atoms with E-state index >= 15 is 0 Å². The van der Waals surface area contributed by atoms with Crippen LogP contribution in [-0.4, -0.2) is 32.0 Å². The molecule has 8 heteroatoms. The maximum atomic E-state index is 11.4. The predicted molar refractivity (Wildman–Crippen MR) is 67.1 cm³/mol. The molecule has 2 N–H and O–H groups in total. The third-order valence-electron chi connectivity index (χ3n) is 2.16. The van der Waals surface area contributed by atoms with Crippen LogP contribution in [0.1, 0.15) is 26.7 Å². The minimum Gasteiger partial charge on any atom is -0.446 e. The molecular weight excluding hydrogens is 312 g/mol. The standard InChI is InChI=1S/C9H17BrN2O4S/c1-6(2)16-9(13)12-17(14,15)11-5-8(10)7-3-4-7/h6-8,11H,3-5H2,1-2H3,(H,12,13). The highest BCUT2D eigenvalue weighted by atomic mass is 79.9. The first kappa shape index (κ1) is 14.7. The van der Waals surface area contributed by atoms with Crippen molar-refractivity contribution in [3.63, 3.8) is 0 Å². The molecular formula is C9H17BrN2O4S. The summed E-state index contributed by atoms with van der Waals surface area (Å²) in [4.78, 5) is 11.2. The second-order valence-electron chi connectivity index (χ2n) is 4.26. The van der Waals surface area contributed by atoms with Crippen LogP contribution in [0.3, 0.4) is 0 Å². The van der Waals surface area contributed by atoms with E-state index in [0.717, 1.165) is 12.8 Å². The van der Waals surface area contributed by atoms with E-state index in [-0.39, 0.29) is 17.5 Å². The third kappa shape index (κ3) is 6.23. The number of halogens is 1. The summed E-state index contributed by atoms with van der Waals surface area (Å²) in [6, 6.07) is 0. The van der Waals surface area contributed by atoms with Gasteiger partial charge in [-0.05, 0) is 32.6 Å². The highest BCUT2D eigenvalue weighted by Crippen LogP contribution is 2.36. The molecule has 0 bridgehead atoms. The molecule has 0 aromatic heterocycles. The van der Waals surface area contributed by atoms with Crippen molar-refractivity contribution in [2.75, 3.05) is 6.54 Å². The van der Waals surface area contributed by atoms with Crippen molar-refractivity contribution in [1.82, 2.24) is 9.44 Å². The SMILES string of the molecule is CC(C)OC(=O)NS(=O)(=O)NCC(Br)C1CC1. The Labute approximate surface area is 110 Å². The molecule has 17 heavy (non-hydrogen) atoms. The number of ether oxygens (including phenoxy) is 1. The van der Waals surface area contributed by atoms with Gasteiger partial charge in [-0.1, -0.05) is 15.9 Å². The third-order valence-corrected chi connectivity index (χ3v) is 4.22. The van der Waals surface area contributed by atoms with Crippen molar-refractivity contribution >= 4 is 32.2 Å². The highest BCUT2D eigenvalue weighted by molar-refractivity contribution is 9.09. The molecule has 1 aliphatic rings. The summed E-state index contributed by atoms with van der Waals surface area (Å²) in [6.07, 6.45) is 0.895. The molecule has 0 aromatic carbocycles. The topological polar surface area (TPSA) is 84.5 Å². The van der Waals surface area contributed by atoms with Crippen LogP contribution in [0.2, 0.25) is 0 Å². The Morgan fingerprint density at radius 1 is 1.47 bits per heavy atom. The molecule has 1 amide bonds. The average molecular weight is 329 g/mol. The normalized spacial score (nSPS) is 17.9. The molecule has 0 radical (unpaired) electrons. The zero-order valence-corrected chi connectivity index (χ0v) is 12.2. The zero-order chi connectivity index (χ0) is 13.1. The first-order chi connectivity index (χ1) is 7.80. The molecule has 0 aliphatic heterocycles. The van der Waals surface area contributed by atoms with Gasteiger partial charge in [0.25, 0.3) is 0 Å². The monoisotopic (exact) mass is 328 g/mol. The van der Waals surface area contributed by atoms with E-state index in [1.807, 2.05) is 0 Å². The van der Waals surface area contributed by atoms with Crippen LogP contribution >= 0.6 is 15.9 Å². The zero-order valence-electron chi connectivity index (χ0n) is 9.77. The fourth-order valence-electron chi connectivity index (χ4n) is 1.20. The van der Waals surface area contributed by atoms with E-state index < -0.39 is 16.3 Å². The van der Waals surface area contributed by atoms with Gasteiger partial charge in [0.15, 0.2) is 0 Å². The summed E-state index contributed by atoms with van der Waals surface area (Å²) in [7, 11) is -3.83. The Balaban J connectivity index is 2.32. The van der Waals surface area contributed by atoms with Crippen molar-refractivity contribution in [2.45, 2.75) is 37.6 Å². The molecule has 1 unspecified atom stereocenters. The van der Waals surface area contributed by atoms with Gasteiger partial charge in [0, 0.05) is 11.4 Å². The molecule has 6 nitrogen and oxygen atoms in total. The Morgan fingerprint density at radius 2 is 2.06 bits per heavy atom. The molecule has 0 spiro atoms. The van der Waals surface area contributed by atoms with E-state index in [9.17, 15) is 13.2 Å². The lowest BCUT2D eigenvalue weighted by atomic mass is 10.3. The first-order valence-corrected chi connectivity index (χ1v) is 7.82. The number of carbonyl (C=O) groups is 1. The van der Waals surface area contributed by atoms with Gasteiger partial charge in [-0.15, -0.1) is 0 Å². The minimum atomic E-state index is -3.83. The molecule has 1 rings (SSSR count). The maximum absolute atomic E-state index is 11.4. The number of rotatable bonds is 6. The summed E-state index contributed by atoms with van der Waals surface area (Å²) >= 11 is 3.39. The molecule has 1 saturated carbocycles. The minimum absolute atomic E-state index is 0.111. The predicted octanol–water partition coefficient (Wildman–Crippen LogP) is 1.13. The van der Waals surface area contributed by atoms with Crippen molar-refractivity contribution in [3.8, 4) is 0 Å². The molecule has 0 saturated heterocycles. The fraction of sp³-hybridized carbons (Fsp3) is 0.889. The number of alkyl halides is 1. The van der Waals surface area contributed by atoms with Gasteiger partial charge in [0.2, 0.25) is 0 Å². The molecule has 0 aromatic rings. The van der Waals surface area contributed by atoms with E-state index in [0.29, 0.717) is 5.92 Å². The van der Waals surface area contributed by atoms with Crippen LogP contribution in [0.25, 0.3) is 0 Å². The maximum Gasteiger partial charge on any atom is 0.422 e. The second-order valence-corrected chi connectivity index (χ2v) is 6.94. The number of hydrogen-bond acceptors (Lipinski definition) is 4. The van der Waals surface area contributed by atoms with Crippen molar-refractivity contribution < 1.29 is 17.9 Å². The van der Waals surface area contributed by atoms with Gasteiger partial charge >= 0.3 is 16.3 Å². The lowest BCUT2D eigenvalue weighted by Crippen LogP contribution is -2.43. The summed E-state index contributed by atoms with van der Waals surface area (Å²) in [6.45, 7) is 3.54. The summed E-state index contributed by atoms with van der Waals surface area (Å²) < 4.78 is 31.6. The molecule has 1 aliphatic carbocycles. The summed E-state index contributed by atoms with van der Waals surface area (Å²) in [5.74, 6) is 0.528. The van der Waals surface area contributed by atoms with Crippen LogP contribution in [-0.2, 0) is 14.9 Å². The smallest absolute Gasteiger partial charge is 0.422 e. The average Bonchev–Trinajstić information content (AvgIpc) is 2.94. The lowest BCUT2D eigenvalue weighted by molar-refractivity contribution is 0.121. The van der Waals surface area contributed by atoms with Crippen LogP contribution in [0, 0.1) is 5.92 Å². The fourth-order valence-corrected chi connectivity index (χ4v) is 2.84. The Bertz CT molecular complexity index is 367. The van der Waals surface area contributed by atoms with E-state index in [1.165, 1.54) is 0 Å².